The molecule has 0 aliphatic rings. The van der Waals surface area contributed by atoms with Gasteiger partial charge in [0.2, 0.25) is 0 Å². The number of hydrogen-bond donors (Lipinski definition) is 0. The van der Waals surface area contributed by atoms with Gasteiger partial charge in [-0.1, -0.05) is 91.9 Å². The Morgan fingerprint density at radius 2 is 1.20 bits per heavy atom. The van der Waals surface area contributed by atoms with E-state index in [1.807, 2.05) is 11.3 Å². The summed E-state index contributed by atoms with van der Waals surface area (Å²) in [5.74, 6) is 1.61. The van der Waals surface area contributed by atoms with Gasteiger partial charge in [0.1, 0.15) is 0 Å². The first-order chi connectivity index (χ1) is 12.3. The van der Waals surface area contributed by atoms with Crippen molar-refractivity contribution >= 4 is 11.3 Å². The molecule has 0 aliphatic carbocycles. The third kappa shape index (κ3) is 8.76. The molecular formula is C24H44S. The Labute approximate surface area is 162 Å². The van der Waals surface area contributed by atoms with Crippen molar-refractivity contribution < 1.29 is 0 Å². The van der Waals surface area contributed by atoms with Gasteiger partial charge in [0, 0.05) is 4.88 Å². The first-order valence-electron chi connectivity index (χ1n) is 11.4. The zero-order valence-electron chi connectivity index (χ0n) is 17.6. The molecule has 0 radical (unpaired) electrons. The Kier molecular flexibility index (Phi) is 13.5. The number of rotatable bonds is 16. The second kappa shape index (κ2) is 14.8. The first kappa shape index (κ1) is 22.7. The van der Waals surface area contributed by atoms with Crippen molar-refractivity contribution in [3.05, 3.63) is 21.9 Å². The Morgan fingerprint density at radius 1 is 0.680 bits per heavy atom. The maximum Gasteiger partial charge on any atom is 0.0111 e. The first-order valence-corrected chi connectivity index (χ1v) is 12.2. The summed E-state index contributed by atoms with van der Waals surface area (Å²) < 4.78 is 0. The lowest BCUT2D eigenvalue weighted by Gasteiger charge is -2.21. The average molecular weight is 365 g/mol. The van der Waals surface area contributed by atoms with Crippen LogP contribution < -0.4 is 0 Å². The third-order valence-corrected chi connectivity index (χ3v) is 6.93. The monoisotopic (exact) mass is 364 g/mol. The molecule has 0 aliphatic heterocycles. The van der Waals surface area contributed by atoms with Gasteiger partial charge < -0.3 is 0 Å². The Morgan fingerprint density at radius 3 is 1.72 bits per heavy atom. The molecule has 0 bridgehead atoms. The van der Waals surface area contributed by atoms with Crippen molar-refractivity contribution in [2.45, 2.75) is 129 Å². The van der Waals surface area contributed by atoms with Crippen LogP contribution in [0.3, 0.4) is 0 Å². The Hall–Kier alpha value is -0.300. The highest BCUT2D eigenvalue weighted by atomic mass is 32.1. The zero-order chi connectivity index (χ0) is 18.3. The van der Waals surface area contributed by atoms with Crippen molar-refractivity contribution in [3.8, 4) is 0 Å². The predicted octanol–water partition coefficient (Wildman–Crippen LogP) is 9.46. The molecule has 0 saturated heterocycles. The number of thiophene rings is 1. The molecule has 1 heterocycles. The minimum absolute atomic E-state index is 0.803. The molecule has 1 aromatic heterocycles. The molecule has 1 heteroatoms. The second-order valence-electron chi connectivity index (χ2n) is 7.86. The van der Waals surface area contributed by atoms with Crippen molar-refractivity contribution in [2.75, 3.05) is 0 Å². The highest BCUT2D eigenvalue weighted by molar-refractivity contribution is 7.10. The molecular weight excluding hydrogens is 320 g/mol. The lowest BCUT2D eigenvalue weighted by Crippen LogP contribution is -2.04. The van der Waals surface area contributed by atoms with Gasteiger partial charge in [-0.25, -0.2) is 0 Å². The van der Waals surface area contributed by atoms with Crippen molar-refractivity contribution in [2.24, 2.45) is 0 Å². The summed E-state index contributed by atoms with van der Waals surface area (Å²) in [7, 11) is 0. The van der Waals surface area contributed by atoms with Crippen LogP contribution in [0.15, 0.2) is 11.4 Å². The molecule has 0 amide bonds. The van der Waals surface area contributed by atoms with Gasteiger partial charge in [0.15, 0.2) is 0 Å². The summed E-state index contributed by atoms with van der Waals surface area (Å²) in [6.45, 7) is 9.40. The van der Waals surface area contributed by atoms with Crippen molar-refractivity contribution in [3.63, 3.8) is 0 Å². The van der Waals surface area contributed by atoms with Crippen LogP contribution in [0.2, 0.25) is 0 Å². The molecule has 25 heavy (non-hydrogen) atoms. The van der Waals surface area contributed by atoms with E-state index in [4.69, 9.17) is 0 Å². The van der Waals surface area contributed by atoms with Crippen LogP contribution in [0.4, 0.5) is 0 Å². The molecule has 0 fully saturated rings. The molecule has 1 aromatic rings. The molecule has 2 atom stereocenters. The minimum atomic E-state index is 0.803. The number of hydrogen-bond acceptors (Lipinski definition) is 1. The molecule has 0 nitrogen and oxygen atoms in total. The van der Waals surface area contributed by atoms with E-state index in [9.17, 15) is 0 Å². The van der Waals surface area contributed by atoms with Crippen LogP contribution in [-0.2, 0) is 0 Å². The lowest BCUT2D eigenvalue weighted by atomic mass is 9.86. The van der Waals surface area contributed by atoms with Crippen molar-refractivity contribution in [1.29, 1.82) is 0 Å². The fourth-order valence-electron chi connectivity index (χ4n) is 4.09. The molecule has 2 unspecified atom stereocenters. The summed E-state index contributed by atoms with van der Waals surface area (Å²) in [4.78, 5) is 1.73. The molecule has 0 spiro atoms. The van der Waals surface area contributed by atoms with E-state index in [2.05, 4.69) is 39.1 Å². The Bertz CT molecular complexity index is 369. The smallest absolute Gasteiger partial charge is 0.0111 e. The molecule has 0 saturated carbocycles. The maximum absolute atomic E-state index is 2.46. The predicted molar refractivity (Wildman–Crippen MR) is 117 cm³/mol. The van der Waals surface area contributed by atoms with Crippen molar-refractivity contribution in [1.82, 2.24) is 0 Å². The van der Waals surface area contributed by atoms with E-state index in [1.54, 1.807) is 10.4 Å². The fourth-order valence-corrected chi connectivity index (χ4v) is 5.30. The summed E-state index contributed by atoms with van der Waals surface area (Å²) in [6, 6.07) is 2.46. The maximum atomic E-state index is 2.46. The van der Waals surface area contributed by atoms with E-state index >= 15 is 0 Å². The number of unbranched alkanes of at least 4 members (excludes halogenated alkanes) is 8. The van der Waals surface area contributed by atoms with Gasteiger partial charge in [-0.15, -0.1) is 11.3 Å². The largest absolute Gasteiger partial charge is 0.148 e. The van der Waals surface area contributed by atoms with E-state index in [0.29, 0.717) is 0 Å². The summed E-state index contributed by atoms with van der Waals surface area (Å²) in [5, 5.41) is 2.37. The van der Waals surface area contributed by atoms with Gasteiger partial charge in [0.25, 0.3) is 0 Å². The SMILES string of the molecule is CCCCCCCC(CC)c1ccsc1C(CC)CCCCCCC. The average Bonchev–Trinajstić information content (AvgIpc) is 3.10. The molecule has 146 valence electrons. The summed E-state index contributed by atoms with van der Waals surface area (Å²) >= 11 is 2.04. The normalized spacial score (nSPS) is 13.9. The minimum Gasteiger partial charge on any atom is -0.148 e. The highest BCUT2D eigenvalue weighted by Crippen LogP contribution is 2.39. The van der Waals surface area contributed by atoms with Crippen LogP contribution in [0.25, 0.3) is 0 Å². The van der Waals surface area contributed by atoms with E-state index in [-0.39, 0.29) is 0 Å². The van der Waals surface area contributed by atoms with Crippen LogP contribution in [0.5, 0.6) is 0 Å². The van der Waals surface area contributed by atoms with E-state index in [1.165, 1.54) is 89.9 Å². The van der Waals surface area contributed by atoms with Gasteiger partial charge in [-0.3, -0.25) is 0 Å². The second-order valence-corrected chi connectivity index (χ2v) is 8.80. The van der Waals surface area contributed by atoms with Gasteiger partial charge in [-0.2, -0.15) is 0 Å². The topological polar surface area (TPSA) is 0 Å². The van der Waals surface area contributed by atoms with E-state index < -0.39 is 0 Å². The summed E-state index contributed by atoms with van der Waals surface area (Å²) in [5.41, 5.74) is 1.71. The molecule has 0 aromatic carbocycles. The van der Waals surface area contributed by atoms with Gasteiger partial charge >= 0.3 is 0 Å². The fraction of sp³-hybridized carbons (Fsp3) is 0.833. The highest BCUT2D eigenvalue weighted by Gasteiger charge is 2.20. The molecule has 1 rings (SSSR count). The molecule has 0 N–H and O–H groups in total. The van der Waals surface area contributed by atoms with Crippen LogP contribution in [0, 0.1) is 0 Å². The quantitative estimate of drug-likeness (QED) is 0.256. The van der Waals surface area contributed by atoms with Crippen LogP contribution in [-0.4, -0.2) is 0 Å². The lowest BCUT2D eigenvalue weighted by molar-refractivity contribution is 0.514. The van der Waals surface area contributed by atoms with Crippen LogP contribution in [0.1, 0.15) is 140 Å². The van der Waals surface area contributed by atoms with E-state index in [0.717, 1.165) is 11.8 Å². The summed E-state index contributed by atoms with van der Waals surface area (Å²) in [6.07, 6.45) is 19.5. The zero-order valence-corrected chi connectivity index (χ0v) is 18.4. The Balaban J connectivity index is 2.54. The third-order valence-electron chi connectivity index (χ3n) is 5.84. The van der Waals surface area contributed by atoms with Crippen LogP contribution >= 0.6 is 11.3 Å². The standard InChI is InChI=1S/C24H44S/c1-5-9-11-13-15-17-21(7-3)23-19-20-25-24(23)22(8-4)18-16-14-12-10-6-2/h19-22H,5-18H2,1-4H3. The van der Waals surface area contributed by atoms with Gasteiger partial charge in [0.05, 0.1) is 0 Å². The van der Waals surface area contributed by atoms with Gasteiger partial charge in [-0.05, 0) is 54.5 Å².